The number of rotatable bonds is 0. The molecule has 0 aliphatic rings. The Balaban J connectivity index is -0.0000000315. The van der Waals surface area contributed by atoms with Gasteiger partial charge in [-0.15, -0.1) is 12.3 Å². The van der Waals surface area contributed by atoms with Gasteiger partial charge in [0.15, 0.2) is 0 Å². The van der Waals surface area contributed by atoms with Crippen molar-refractivity contribution < 1.29 is 0 Å². The zero-order chi connectivity index (χ0) is 10.1. The summed E-state index contributed by atoms with van der Waals surface area (Å²) in [5.74, 6) is 2.43. The molecule has 0 nitrogen and oxygen atoms in total. The molecule has 0 spiro atoms. The van der Waals surface area contributed by atoms with Crippen molar-refractivity contribution in [2.75, 3.05) is 0 Å². The topological polar surface area (TPSA) is 0 Å². The molecule has 0 aromatic carbocycles. The van der Waals surface area contributed by atoms with Gasteiger partial charge in [0.2, 0.25) is 0 Å². The first kappa shape index (κ1) is 22.4. The Morgan fingerprint density at radius 2 is 1.00 bits per heavy atom. The van der Waals surface area contributed by atoms with Crippen molar-refractivity contribution in [3.63, 3.8) is 0 Å². The normalized spacial score (nSPS) is 4.55. The van der Waals surface area contributed by atoms with Crippen molar-refractivity contribution >= 4 is 0 Å². The Labute approximate surface area is 74.4 Å². The molecule has 0 aromatic heterocycles. The van der Waals surface area contributed by atoms with Gasteiger partial charge in [0.1, 0.15) is 0 Å². The summed E-state index contributed by atoms with van der Waals surface area (Å²) in [5.41, 5.74) is 0. The first-order valence-electron chi connectivity index (χ1n) is 4.76. The highest BCUT2D eigenvalue weighted by molar-refractivity contribution is 4.80. The monoisotopic (exact) mass is 158 g/mol. The van der Waals surface area contributed by atoms with E-state index in [4.69, 9.17) is 6.42 Å². The average Bonchev–Trinajstić information content (AvgIpc) is 2.12. The standard InChI is InChI=1S/C4H6.C3H8.2C2H6/c1-3-4-2;1-3-2;2*1-2/h1H,4H2,2H3;3H2,1-2H3;2*1-2H3. The summed E-state index contributed by atoms with van der Waals surface area (Å²) >= 11 is 0. The molecule has 0 aliphatic heterocycles. The fourth-order valence-corrected chi connectivity index (χ4v) is 0. The second-order valence-electron chi connectivity index (χ2n) is 1.26. The van der Waals surface area contributed by atoms with Crippen LogP contribution in [0.25, 0.3) is 0 Å². The van der Waals surface area contributed by atoms with Gasteiger partial charge in [0.05, 0.1) is 0 Å². The summed E-state index contributed by atoms with van der Waals surface area (Å²) in [6.45, 7) is 14.2. The van der Waals surface area contributed by atoms with Crippen LogP contribution in [-0.4, -0.2) is 0 Å². The molecule has 0 atom stereocenters. The molecule has 0 bridgehead atoms. The van der Waals surface area contributed by atoms with Crippen LogP contribution in [0.1, 0.15) is 61.3 Å². The summed E-state index contributed by atoms with van der Waals surface area (Å²) in [4.78, 5) is 0. The lowest BCUT2D eigenvalue weighted by atomic mass is 10.5. The predicted molar refractivity (Wildman–Crippen MR) is 57.8 cm³/mol. The van der Waals surface area contributed by atoms with Crippen molar-refractivity contribution in [2.24, 2.45) is 0 Å². The highest BCUT2D eigenvalue weighted by Gasteiger charge is 1.43. The second-order valence-corrected chi connectivity index (χ2v) is 1.26. The second kappa shape index (κ2) is 107. The SMILES string of the molecule is C#CCC.CC.CC.CCC. The Kier molecular flexibility index (Phi) is 218. The van der Waals surface area contributed by atoms with Gasteiger partial charge in [-0.3, -0.25) is 0 Å². The van der Waals surface area contributed by atoms with Crippen LogP contribution >= 0.6 is 0 Å². The van der Waals surface area contributed by atoms with Gasteiger partial charge in [-0.1, -0.05) is 54.9 Å². The molecular formula is C11H26. The lowest BCUT2D eigenvalue weighted by Gasteiger charge is -1.52. The molecule has 0 rings (SSSR count). The molecule has 0 aromatic rings. The van der Waals surface area contributed by atoms with Crippen molar-refractivity contribution in [1.82, 2.24) is 0 Å². The minimum Gasteiger partial charge on any atom is -0.120 e. The summed E-state index contributed by atoms with van der Waals surface area (Å²) in [6.07, 6.45) is 6.88. The molecule has 0 aliphatic carbocycles. The highest BCUT2D eigenvalue weighted by Crippen LogP contribution is 1.58. The smallest absolute Gasteiger partial charge is 0.00576 e. The Hall–Kier alpha value is -0.440. The molecule has 0 heteroatoms. The van der Waals surface area contributed by atoms with Crippen LogP contribution < -0.4 is 0 Å². The Morgan fingerprint density at radius 1 is 0.909 bits per heavy atom. The molecule has 70 valence electrons. The van der Waals surface area contributed by atoms with E-state index in [2.05, 4.69) is 19.8 Å². The van der Waals surface area contributed by atoms with Crippen LogP contribution in [0.5, 0.6) is 0 Å². The van der Waals surface area contributed by atoms with Crippen molar-refractivity contribution in [1.29, 1.82) is 0 Å². The zero-order valence-electron chi connectivity index (χ0n) is 9.49. The van der Waals surface area contributed by atoms with Gasteiger partial charge in [0.25, 0.3) is 0 Å². The van der Waals surface area contributed by atoms with Gasteiger partial charge in [-0.05, 0) is 0 Å². The van der Waals surface area contributed by atoms with Crippen molar-refractivity contribution in [3.8, 4) is 12.3 Å². The molecule has 0 unspecified atom stereocenters. The maximum Gasteiger partial charge on any atom is 0.00576 e. The Bertz CT molecular complexity index is 38.5. The van der Waals surface area contributed by atoms with E-state index in [9.17, 15) is 0 Å². The van der Waals surface area contributed by atoms with Gasteiger partial charge in [-0.25, -0.2) is 0 Å². The van der Waals surface area contributed by atoms with Crippen LogP contribution in [0, 0.1) is 12.3 Å². The number of hydrogen-bond donors (Lipinski definition) is 0. The van der Waals surface area contributed by atoms with Gasteiger partial charge >= 0.3 is 0 Å². The minimum atomic E-state index is 0.847. The van der Waals surface area contributed by atoms with Crippen LogP contribution in [0.15, 0.2) is 0 Å². The summed E-state index contributed by atoms with van der Waals surface area (Å²) in [7, 11) is 0. The molecule has 0 radical (unpaired) electrons. The molecule has 11 heavy (non-hydrogen) atoms. The van der Waals surface area contributed by atoms with E-state index < -0.39 is 0 Å². The molecule has 0 N–H and O–H groups in total. The largest absolute Gasteiger partial charge is 0.120 e. The summed E-state index contributed by atoms with van der Waals surface area (Å²) in [5, 5.41) is 0. The maximum absolute atomic E-state index is 4.78. The lowest BCUT2D eigenvalue weighted by Crippen LogP contribution is -1.38. The minimum absolute atomic E-state index is 0.847. The van der Waals surface area contributed by atoms with Gasteiger partial charge < -0.3 is 0 Å². The van der Waals surface area contributed by atoms with Crippen LogP contribution in [-0.2, 0) is 0 Å². The van der Waals surface area contributed by atoms with E-state index in [0.29, 0.717) is 0 Å². The van der Waals surface area contributed by atoms with Gasteiger partial charge in [-0.2, -0.15) is 0 Å². The highest BCUT2D eigenvalue weighted by atomic mass is 13.5. The van der Waals surface area contributed by atoms with E-state index in [-0.39, 0.29) is 0 Å². The van der Waals surface area contributed by atoms with Crippen molar-refractivity contribution in [3.05, 3.63) is 0 Å². The van der Waals surface area contributed by atoms with Crippen LogP contribution in [0.3, 0.4) is 0 Å². The summed E-state index contributed by atoms with van der Waals surface area (Å²) < 4.78 is 0. The third-order valence-electron chi connectivity index (χ3n) is 0.204. The molecule has 0 heterocycles. The van der Waals surface area contributed by atoms with Gasteiger partial charge in [0, 0.05) is 6.42 Å². The molecule has 0 fully saturated rings. The first-order chi connectivity index (χ1) is 5.33. The quantitative estimate of drug-likeness (QED) is 0.455. The average molecular weight is 158 g/mol. The zero-order valence-corrected chi connectivity index (χ0v) is 9.49. The van der Waals surface area contributed by atoms with E-state index in [0.717, 1.165) is 6.42 Å². The number of hydrogen-bond acceptors (Lipinski definition) is 0. The lowest BCUT2D eigenvalue weighted by molar-refractivity contribution is 1.09. The predicted octanol–water partition coefficient (Wildman–Crippen LogP) is 4.50. The third-order valence-corrected chi connectivity index (χ3v) is 0.204. The van der Waals surface area contributed by atoms with Crippen molar-refractivity contribution in [2.45, 2.75) is 61.3 Å². The van der Waals surface area contributed by atoms with Crippen LogP contribution in [0.4, 0.5) is 0 Å². The molecule has 0 saturated heterocycles. The van der Waals surface area contributed by atoms with E-state index in [1.807, 2.05) is 34.6 Å². The molecule has 0 saturated carbocycles. The molecule has 0 amide bonds. The third kappa shape index (κ3) is 1740. The van der Waals surface area contributed by atoms with E-state index in [1.165, 1.54) is 6.42 Å². The maximum atomic E-state index is 4.78. The molecular weight excluding hydrogens is 132 g/mol. The van der Waals surface area contributed by atoms with Crippen LogP contribution in [0.2, 0.25) is 0 Å². The number of terminal acetylenes is 1. The fourth-order valence-electron chi connectivity index (χ4n) is 0. The summed E-state index contributed by atoms with van der Waals surface area (Å²) in [6, 6.07) is 0. The first-order valence-corrected chi connectivity index (χ1v) is 4.76. The fraction of sp³-hybridized carbons (Fsp3) is 0.818. The van der Waals surface area contributed by atoms with E-state index in [1.54, 1.807) is 0 Å². The Morgan fingerprint density at radius 3 is 1.00 bits per heavy atom. The van der Waals surface area contributed by atoms with E-state index >= 15 is 0 Å².